The average molecular weight is 411 g/mol. The van der Waals surface area contributed by atoms with Crippen LogP contribution < -0.4 is 16.5 Å². The van der Waals surface area contributed by atoms with Crippen LogP contribution >= 0.6 is 0 Å². The largest absolute Gasteiger partial charge is 0.477 e. The molecular formula is C22H19F2N3O3. The van der Waals surface area contributed by atoms with Crippen LogP contribution in [0.25, 0.3) is 10.9 Å². The fraction of sp³-hybridized carbons (Fsp3) is 0.273. The summed E-state index contributed by atoms with van der Waals surface area (Å²) >= 11 is 0. The number of nitrogens with two attached hydrogens (primary N) is 1. The first-order valence-electron chi connectivity index (χ1n) is 9.78. The molecule has 2 aliphatic carbocycles. The minimum atomic E-state index is -1.46. The predicted octanol–water partition coefficient (Wildman–Crippen LogP) is 3.86. The Kier molecular flexibility index (Phi) is 4.06. The number of carbonyl (C=O) groups is 1. The Morgan fingerprint density at radius 1 is 1.17 bits per heavy atom. The zero-order valence-electron chi connectivity index (χ0n) is 15.9. The maximum Gasteiger partial charge on any atom is 0.341 e. The molecule has 4 N–H and O–H groups in total. The van der Waals surface area contributed by atoms with E-state index < -0.39 is 39.7 Å². The van der Waals surface area contributed by atoms with Crippen molar-refractivity contribution in [3.8, 4) is 0 Å². The molecule has 2 aliphatic rings. The van der Waals surface area contributed by atoms with Crippen LogP contribution in [-0.2, 0) is 0 Å². The summed E-state index contributed by atoms with van der Waals surface area (Å²) in [4.78, 5) is 24.1. The van der Waals surface area contributed by atoms with Gasteiger partial charge in [-0.3, -0.25) is 4.79 Å². The molecule has 2 aromatic carbocycles. The topological polar surface area (TPSA) is 97.3 Å². The molecule has 0 radical (unpaired) electrons. The van der Waals surface area contributed by atoms with E-state index >= 15 is 8.78 Å². The van der Waals surface area contributed by atoms with Crippen LogP contribution in [0.4, 0.5) is 20.2 Å². The molecule has 0 spiro atoms. The summed E-state index contributed by atoms with van der Waals surface area (Å²) in [5.41, 5.74) is 4.39. The lowest BCUT2D eigenvalue weighted by molar-refractivity contribution is 0.0695. The molecule has 1 aromatic heterocycles. The molecule has 2 fully saturated rings. The summed E-state index contributed by atoms with van der Waals surface area (Å²) in [5, 5.41) is 11.8. The molecule has 0 bridgehead atoms. The van der Waals surface area contributed by atoms with E-state index in [9.17, 15) is 14.7 Å². The van der Waals surface area contributed by atoms with Crippen molar-refractivity contribution in [1.82, 2.24) is 4.57 Å². The molecule has 30 heavy (non-hydrogen) atoms. The second-order valence-corrected chi connectivity index (χ2v) is 7.96. The number of halogens is 2. The van der Waals surface area contributed by atoms with Crippen molar-refractivity contribution in [3.05, 3.63) is 69.5 Å². The van der Waals surface area contributed by atoms with Gasteiger partial charge in [0.25, 0.3) is 0 Å². The van der Waals surface area contributed by atoms with E-state index in [1.54, 1.807) is 0 Å². The van der Waals surface area contributed by atoms with Gasteiger partial charge in [0.1, 0.15) is 11.3 Å². The minimum Gasteiger partial charge on any atom is -0.477 e. The van der Waals surface area contributed by atoms with Gasteiger partial charge in [-0.2, -0.15) is 0 Å². The second kappa shape index (κ2) is 6.55. The molecule has 0 aliphatic heterocycles. The third kappa shape index (κ3) is 2.82. The van der Waals surface area contributed by atoms with E-state index in [0.717, 1.165) is 24.6 Å². The molecular weight excluding hydrogens is 392 g/mol. The number of rotatable bonds is 5. The highest BCUT2D eigenvalue weighted by Crippen LogP contribution is 2.45. The average Bonchev–Trinajstić information content (AvgIpc) is 3.64. The Hall–Kier alpha value is -3.42. The highest BCUT2D eigenvalue weighted by atomic mass is 19.1. The molecule has 5 rings (SSSR count). The number of hydrogen-bond acceptors (Lipinski definition) is 4. The van der Waals surface area contributed by atoms with E-state index in [1.807, 2.05) is 30.3 Å². The Bertz CT molecular complexity index is 1250. The van der Waals surface area contributed by atoms with E-state index in [4.69, 9.17) is 5.73 Å². The first-order valence-corrected chi connectivity index (χ1v) is 9.78. The number of carboxylic acids is 1. The van der Waals surface area contributed by atoms with Gasteiger partial charge < -0.3 is 20.7 Å². The molecule has 154 valence electrons. The molecule has 2 atom stereocenters. The third-order valence-electron chi connectivity index (χ3n) is 5.91. The quantitative estimate of drug-likeness (QED) is 0.554. The predicted molar refractivity (Wildman–Crippen MR) is 109 cm³/mol. The van der Waals surface area contributed by atoms with Crippen molar-refractivity contribution < 1.29 is 18.7 Å². The van der Waals surface area contributed by atoms with E-state index in [2.05, 4.69) is 5.32 Å². The van der Waals surface area contributed by atoms with Gasteiger partial charge in [-0.1, -0.05) is 30.3 Å². The molecule has 1 heterocycles. The number of benzene rings is 2. The van der Waals surface area contributed by atoms with Crippen molar-refractivity contribution in [2.75, 3.05) is 11.1 Å². The standard InChI is InChI=1S/C22H19F2N3O3/c23-16-18(25)15-20(27(11-6-7-11)9-13(21(15)28)22(29)30)17(24)19(16)26-14-8-12(14)10-4-2-1-3-5-10/h1-5,9,11-12,14,26H,6-8,25H2,(H,29,30)/t12-,14+/m1/s1. The van der Waals surface area contributed by atoms with E-state index in [-0.39, 0.29) is 29.2 Å². The number of nitrogens with one attached hydrogen (secondary N) is 1. The van der Waals surface area contributed by atoms with Crippen LogP contribution in [0.15, 0.2) is 41.3 Å². The van der Waals surface area contributed by atoms with Crippen molar-refractivity contribution in [3.63, 3.8) is 0 Å². The van der Waals surface area contributed by atoms with Crippen molar-refractivity contribution >= 4 is 28.2 Å². The van der Waals surface area contributed by atoms with E-state index in [1.165, 1.54) is 4.57 Å². The number of fused-ring (bicyclic) bond motifs is 1. The lowest BCUT2D eigenvalue weighted by Crippen LogP contribution is -2.22. The molecule has 6 nitrogen and oxygen atoms in total. The molecule has 3 aromatic rings. The maximum atomic E-state index is 15.5. The number of hydrogen-bond donors (Lipinski definition) is 3. The summed E-state index contributed by atoms with van der Waals surface area (Å²) in [6, 6.07) is 9.35. The van der Waals surface area contributed by atoms with Gasteiger partial charge in [-0.15, -0.1) is 0 Å². The van der Waals surface area contributed by atoms with Crippen molar-refractivity contribution in [1.29, 1.82) is 0 Å². The SMILES string of the molecule is Nc1c(F)c(N[C@H]2C[C@@H]2c2ccccc2)c(F)c2c1c(=O)c(C(=O)O)cn2C1CC1. The third-order valence-corrected chi connectivity index (χ3v) is 5.91. The molecule has 0 amide bonds. The van der Waals surface area contributed by atoms with Crippen LogP contribution in [0.3, 0.4) is 0 Å². The first kappa shape index (κ1) is 18.6. The van der Waals surface area contributed by atoms with Gasteiger partial charge in [0.15, 0.2) is 11.6 Å². The zero-order valence-corrected chi connectivity index (χ0v) is 15.9. The van der Waals surface area contributed by atoms with Crippen LogP contribution in [-0.4, -0.2) is 21.7 Å². The lowest BCUT2D eigenvalue weighted by Gasteiger charge is -2.18. The van der Waals surface area contributed by atoms with Gasteiger partial charge in [-0.25, -0.2) is 13.6 Å². The Morgan fingerprint density at radius 3 is 2.50 bits per heavy atom. The van der Waals surface area contributed by atoms with Crippen LogP contribution in [0.2, 0.25) is 0 Å². The Balaban J connectivity index is 1.64. The summed E-state index contributed by atoms with van der Waals surface area (Å²) in [7, 11) is 0. The van der Waals surface area contributed by atoms with Crippen molar-refractivity contribution in [2.24, 2.45) is 0 Å². The minimum absolute atomic E-state index is 0.127. The number of anilines is 2. The number of aromatic carboxylic acids is 1. The summed E-state index contributed by atoms with van der Waals surface area (Å²) in [6.45, 7) is 0. The van der Waals surface area contributed by atoms with Crippen LogP contribution in [0, 0.1) is 11.6 Å². The fourth-order valence-corrected chi connectivity index (χ4v) is 4.09. The smallest absolute Gasteiger partial charge is 0.341 e. The summed E-state index contributed by atoms with van der Waals surface area (Å²) in [6.07, 6.45) is 3.29. The number of nitrogen functional groups attached to an aromatic ring is 1. The highest BCUT2D eigenvalue weighted by Gasteiger charge is 2.40. The normalized spacial score (nSPS) is 20.3. The highest BCUT2D eigenvalue weighted by molar-refractivity contribution is 5.99. The van der Waals surface area contributed by atoms with Gasteiger partial charge in [0, 0.05) is 24.2 Å². The molecule has 0 unspecified atom stereocenters. The second-order valence-electron chi connectivity index (χ2n) is 7.96. The molecule has 0 saturated heterocycles. The maximum absolute atomic E-state index is 15.5. The number of aromatic nitrogens is 1. The lowest BCUT2D eigenvalue weighted by atomic mass is 10.1. The summed E-state index contributed by atoms with van der Waals surface area (Å²) < 4.78 is 32.0. The van der Waals surface area contributed by atoms with Crippen LogP contribution in [0.1, 0.15) is 47.1 Å². The van der Waals surface area contributed by atoms with Gasteiger partial charge >= 0.3 is 5.97 Å². The van der Waals surface area contributed by atoms with Gasteiger partial charge in [0.2, 0.25) is 5.43 Å². The van der Waals surface area contributed by atoms with Gasteiger partial charge in [0.05, 0.1) is 16.6 Å². The van der Waals surface area contributed by atoms with Crippen molar-refractivity contribution in [2.45, 2.75) is 37.3 Å². The Morgan fingerprint density at radius 2 is 1.87 bits per heavy atom. The summed E-state index contributed by atoms with van der Waals surface area (Å²) in [5.74, 6) is -3.32. The fourth-order valence-electron chi connectivity index (χ4n) is 4.09. The zero-order chi connectivity index (χ0) is 21.2. The molecule has 2 saturated carbocycles. The van der Waals surface area contributed by atoms with E-state index in [0.29, 0.717) is 6.42 Å². The van der Waals surface area contributed by atoms with Crippen LogP contribution in [0.5, 0.6) is 0 Å². The van der Waals surface area contributed by atoms with Gasteiger partial charge in [-0.05, 0) is 24.8 Å². The number of pyridine rings is 1. The monoisotopic (exact) mass is 411 g/mol. The molecule has 8 heteroatoms. The Labute approximate surface area is 169 Å². The first-order chi connectivity index (χ1) is 14.4. The number of carboxylic acid groups (broad SMARTS) is 1. The number of nitrogens with zero attached hydrogens (tertiary/aromatic N) is 1.